The first kappa shape index (κ1) is 13.0. The minimum Gasteiger partial charge on any atom is -0.383 e. The maximum atomic E-state index is 5.79. The van der Waals surface area contributed by atoms with Crippen molar-refractivity contribution in [2.75, 3.05) is 25.4 Å². The third-order valence-electron chi connectivity index (χ3n) is 2.91. The fourth-order valence-electron chi connectivity index (χ4n) is 1.84. The molecular formula is C11H17IN4O. The smallest absolute Gasteiger partial charge is 0.160 e. The average Bonchev–Trinajstić information content (AvgIpc) is 2.33. The monoisotopic (exact) mass is 348 g/mol. The van der Waals surface area contributed by atoms with Crippen LogP contribution in [0.15, 0.2) is 6.20 Å². The fraction of sp³-hybridized carbons (Fsp3) is 0.636. The molecule has 1 unspecified atom stereocenters. The van der Waals surface area contributed by atoms with Gasteiger partial charge in [0.15, 0.2) is 5.82 Å². The Morgan fingerprint density at radius 1 is 1.59 bits per heavy atom. The van der Waals surface area contributed by atoms with E-state index in [1.165, 1.54) is 0 Å². The van der Waals surface area contributed by atoms with Gasteiger partial charge in [0.1, 0.15) is 11.9 Å². The summed E-state index contributed by atoms with van der Waals surface area (Å²) in [6.07, 6.45) is 1.68. The molecule has 1 fully saturated rings. The molecule has 0 bridgehead atoms. The first-order chi connectivity index (χ1) is 8.08. The number of ether oxygens (including phenoxy) is 1. The van der Waals surface area contributed by atoms with Gasteiger partial charge in [0, 0.05) is 25.3 Å². The molecule has 2 N–H and O–H groups in total. The number of nitrogen functional groups attached to an aromatic ring is 1. The highest BCUT2D eigenvalue weighted by Gasteiger charge is 2.25. The van der Waals surface area contributed by atoms with E-state index < -0.39 is 0 Å². The minimum atomic E-state index is -0.0644. The van der Waals surface area contributed by atoms with Crippen molar-refractivity contribution >= 4 is 28.4 Å². The summed E-state index contributed by atoms with van der Waals surface area (Å²) < 4.78 is 6.59. The molecule has 6 heteroatoms. The van der Waals surface area contributed by atoms with E-state index in [-0.39, 0.29) is 6.10 Å². The number of morpholine rings is 1. The van der Waals surface area contributed by atoms with Gasteiger partial charge < -0.3 is 10.5 Å². The van der Waals surface area contributed by atoms with Crippen LogP contribution < -0.4 is 5.73 Å². The highest BCUT2D eigenvalue weighted by atomic mass is 127. The molecule has 2 rings (SSSR count). The average molecular weight is 348 g/mol. The lowest BCUT2D eigenvalue weighted by molar-refractivity contribution is -0.0442. The maximum absolute atomic E-state index is 5.79. The molecule has 0 radical (unpaired) electrons. The van der Waals surface area contributed by atoms with Crippen LogP contribution in [0.1, 0.15) is 25.8 Å². The van der Waals surface area contributed by atoms with Crippen molar-refractivity contribution in [1.82, 2.24) is 14.9 Å². The van der Waals surface area contributed by atoms with Gasteiger partial charge in [-0.1, -0.05) is 0 Å². The number of nitrogens with two attached hydrogens (primary N) is 1. The summed E-state index contributed by atoms with van der Waals surface area (Å²) in [5.41, 5.74) is 5.79. The zero-order valence-corrected chi connectivity index (χ0v) is 12.2. The van der Waals surface area contributed by atoms with Gasteiger partial charge in [0.2, 0.25) is 0 Å². The molecule has 1 aliphatic heterocycles. The zero-order valence-electron chi connectivity index (χ0n) is 10.1. The molecule has 0 aromatic carbocycles. The summed E-state index contributed by atoms with van der Waals surface area (Å²) in [5, 5.41) is 0. The predicted molar refractivity (Wildman–Crippen MR) is 74.6 cm³/mol. The Kier molecular flexibility index (Phi) is 4.16. The molecule has 1 saturated heterocycles. The van der Waals surface area contributed by atoms with E-state index in [1.54, 1.807) is 6.20 Å². The Balaban J connectivity index is 2.13. The lowest BCUT2D eigenvalue weighted by atomic mass is 10.2. The van der Waals surface area contributed by atoms with E-state index >= 15 is 0 Å². The Labute approximate surface area is 115 Å². The molecular weight excluding hydrogens is 331 g/mol. The van der Waals surface area contributed by atoms with E-state index in [1.807, 2.05) is 0 Å². The number of halogens is 1. The molecule has 1 atom stereocenters. The number of rotatable bonds is 2. The number of hydrogen-bond acceptors (Lipinski definition) is 5. The van der Waals surface area contributed by atoms with Gasteiger partial charge in [-0.2, -0.15) is 0 Å². The van der Waals surface area contributed by atoms with Crippen LogP contribution in [0.2, 0.25) is 0 Å². The molecule has 1 aromatic rings. The lowest BCUT2D eigenvalue weighted by Gasteiger charge is -2.34. The minimum absolute atomic E-state index is 0.0644. The zero-order chi connectivity index (χ0) is 12.4. The molecule has 0 amide bonds. The summed E-state index contributed by atoms with van der Waals surface area (Å²) in [5.74, 6) is 1.22. The second-order valence-electron chi connectivity index (χ2n) is 4.41. The van der Waals surface area contributed by atoms with Crippen LogP contribution >= 0.6 is 22.6 Å². The van der Waals surface area contributed by atoms with Crippen molar-refractivity contribution in [3.8, 4) is 0 Å². The largest absolute Gasteiger partial charge is 0.383 e. The van der Waals surface area contributed by atoms with E-state index in [0.717, 1.165) is 23.3 Å². The number of nitrogens with zero attached hydrogens (tertiary/aromatic N) is 3. The van der Waals surface area contributed by atoms with Crippen molar-refractivity contribution in [2.24, 2.45) is 0 Å². The summed E-state index contributed by atoms with van der Waals surface area (Å²) >= 11 is 2.13. The molecule has 5 nitrogen and oxygen atoms in total. The van der Waals surface area contributed by atoms with E-state index in [4.69, 9.17) is 10.5 Å². The van der Waals surface area contributed by atoms with Crippen molar-refractivity contribution in [1.29, 1.82) is 0 Å². The fourth-order valence-corrected chi connectivity index (χ4v) is 2.10. The van der Waals surface area contributed by atoms with Crippen molar-refractivity contribution < 1.29 is 4.74 Å². The van der Waals surface area contributed by atoms with Crippen LogP contribution in [0.5, 0.6) is 0 Å². The first-order valence-electron chi connectivity index (χ1n) is 5.71. The quantitative estimate of drug-likeness (QED) is 0.820. The van der Waals surface area contributed by atoms with E-state index in [9.17, 15) is 0 Å². The Hall–Kier alpha value is -0.470. The van der Waals surface area contributed by atoms with Gasteiger partial charge in [-0.15, -0.1) is 0 Å². The van der Waals surface area contributed by atoms with Gasteiger partial charge in [-0.3, -0.25) is 4.90 Å². The van der Waals surface area contributed by atoms with Gasteiger partial charge in [0.25, 0.3) is 0 Å². The summed E-state index contributed by atoms with van der Waals surface area (Å²) in [7, 11) is 0. The molecule has 0 saturated carbocycles. The normalized spacial score (nSPS) is 22.0. The number of anilines is 1. The van der Waals surface area contributed by atoms with Crippen molar-refractivity contribution in [2.45, 2.75) is 26.0 Å². The predicted octanol–water partition coefficient (Wildman–Crippen LogP) is 1.45. The van der Waals surface area contributed by atoms with Crippen LogP contribution in [0.4, 0.5) is 5.82 Å². The number of hydrogen-bond donors (Lipinski definition) is 1. The maximum Gasteiger partial charge on any atom is 0.160 e. The molecule has 2 heterocycles. The van der Waals surface area contributed by atoms with Gasteiger partial charge in [0.05, 0.1) is 10.2 Å². The highest BCUT2D eigenvalue weighted by Crippen LogP contribution is 2.22. The van der Waals surface area contributed by atoms with Crippen LogP contribution in [-0.4, -0.2) is 40.6 Å². The van der Waals surface area contributed by atoms with Crippen LogP contribution in [0.3, 0.4) is 0 Å². The summed E-state index contributed by atoms with van der Waals surface area (Å²) in [4.78, 5) is 11.0. The molecule has 1 aliphatic rings. The third kappa shape index (κ3) is 3.05. The van der Waals surface area contributed by atoms with Crippen molar-refractivity contribution in [3.05, 3.63) is 15.6 Å². The first-order valence-corrected chi connectivity index (χ1v) is 6.79. The second-order valence-corrected chi connectivity index (χ2v) is 5.57. The van der Waals surface area contributed by atoms with Gasteiger partial charge in [-0.25, -0.2) is 9.97 Å². The Bertz CT molecular complexity index is 399. The molecule has 94 valence electrons. The van der Waals surface area contributed by atoms with Crippen molar-refractivity contribution in [3.63, 3.8) is 0 Å². The lowest BCUT2D eigenvalue weighted by Crippen LogP contribution is -2.42. The van der Waals surface area contributed by atoms with Crippen LogP contribution in [0, 0.1) is 3.57 Å². The van der Waals surface area contributed by atoms with Gasteiger partial charge in [-0.05, 0) is 36.4 Å². The standard InChI is InChI=1S/C11H17IN4O/c1-7(2)16-3-4-17-9(6-16)11-14-5-8(12)10(13)15-11/h5,7,9H,3-4,6H2,1-2H3,(H2,13,14,15). The molecule has 17 heavy (non-hydrogen) atoms. The SMILES string of the molecule is CC(C)N1CCOC(c2ncc(I)c(N)n2)C1. The Morgan fingerprint density at radius 3 is 3.00 bits per heavy atom. The third-order valence-corrected chi connectivity index (χ3v) is 3.74. The summed E-state index contributed by atoms with van der Waals surface area (Å²) in [6, 6.07) is 0.516. The van der Waals surface area contributed by atoms with Crippen LogP contribution in [0.25, 0.3) is 0 Å². The van der Waals surface area contributed by atoms with Crippen LogP contribution in [-0.2, 0) is 4.74 Å². The number of aromatic nitrogens is 2. The van der Waals surface area contributed by atoms with Gasteiger partial charge >= 0.3 is 0 Å². The second kappa shape index (κ2) is 5.45. The molecule has 1 aromatic heterocycles. The van der Waals surface area contributed by atoms with E-state index in [2.05, 4.69) is 51.3 Å². The Morgan fingerprint density at radius 2 is 2.35 bits per heavy atom. The highest BCUT2D eigenvalue weighted by molar-refractivity contribution is 14.1. The molecule has 0 spiro atoms. The topological polar surface area (TPSA) is 64.3 Å². The van der Waals surface area contributed by atoms with E-state index in [0.29, 0.717) is 17.7 Å². The summed E-state index contributed by atoms with van der Waals surface area (Å²) in [6.45, 7) is 6.89. The molecule has 0 aliphatic carbocycles.